The van der Waals surface area contributed by atoms with Crippen molar-refractivity contribution in [2.75, 3.05) is 18.8 Å². The zero-order valence-electron chi connectivity index (χ0n) is 16.5. The van der Waals surface area contributed by atoms with Crippen LogP contribution in [0.4, 0.5) is 5.69 Å². The molecule has 0 fully saturated rings. The summed E-state index contributed by atoms with van der Waals surface area (Å²) in [7, 11) is 0. The largest absolute Gasteiger partial charge is 0.454 e. The highest BCUT2D eigenvalue weighted by molar-refractivity contribution is 6.19. The molecule has 3 aliphatic rings. The summed E-state index contributed by atoms with van der Waals surface area (Å²) >= 11 is 0. The molecule has 8 nitrogen and oxygen atoms in total. The lowest BCUT2D eigenvalue weighted by Gasteiger charge is -2.23. The first-order chi connectivity index (χ1) is 14.0. The second-order valence-corrected chi connectivity index (χ2v) is 7.73. The Morgan fingerprint density at radius 1 is 1.10 bits per heavy atom. The highest BCUT2D eigenvalue weighted by Gasteiger charge is 2.39. The van der Waals surface area contributed by atoms with Crippen molar-refractivity contribution in [3.8, 4) is 11.5 Å². The summed E-state index contributed by atoms with van der Waals surface area (Å²) in [6.45, 7) is 3.58. The number of carbonyl (C=O) groups excluding carboxylic acids is 3. The predicted octanol–water partition coefficient (Wildman–Crippen LogP) is 2.59. The van der Waals surface area contributed by atoms with E-state index in [1.807, 2.05) is 13.8 Å². The van der Waals surface area contributed by atoms with E-state index in [1.54, 1.807) is 18.2 Å². The van der Waals surface area contributed by atoms with Gasteiger partial charge in [-0.25, -0.2) is 9.69 Å². The van der Waals surface area contributed by atoms with Gasteiger partial charge in [-0.2, -0.15) is 0 Å². The number of anilines is 1. The molecule has 2 amide bonds. The third-order valence-corrected chi connectivity index (χ3v) is 5.43. The predicted molar refractivity (Wildman–Crippen MR) is 103 cm³/mol. The molecule has 0 spiro atoms. The summed E-state index contributed by atoms with van der Waals surface area (Å²) in [6.07, 6.45) is 3.04. The van der Waals surface area contributed by atoms with Gasteiger partial charge in [0, 0.05) is 22.9 Å². The molecule has 154 valence electrons. The van der Waals surface area contributed by atoms with E-state index in [2.05, 4.69) is 5.32 Å². The Bertz CT molecular complexity index is 863. The van der Waals surface area contributed by atoms with Gasteiger partial charge in [0.1, 0.15) is 6.04 Å². The van der Waals surface area contributed by atoms with E-state index in [0.29, 0.717) is 41.2 Å². The third kappa shape index (κ3) is 3.66. The zero-order chi connectivity index (χ0) is 20.5. The summed E-state index contributed by atoms with van der Waals surface area (Å²) in [5, 5.41) is 3.15. The minimum absolute atomic E-state index is 0.0794. The molecule has 8 heteroatoms. The van der Waals surface area contributed by atoms with Gasteiger partial charge in [0.2, 0.25) is 6.79 Å². The minimum Gasteiger partial charge on any atom is -0.454 e. The second-order valence-electron chi connectivity index (χ2n) is 7.73. The topological polar surface area (TPSA) is 94.2 Å². The molecular weight excluding hydrogens is 376 g/mol. The summed E-state index contributed by atoms with van der Waals surface area (Å²) in [4.78, 5) is 38.7. The number of nitrogens with zero attached hydrogens (tertiary/aromatic N) is 1. The summed E-state index contributed by atoms with van der Waals surface area (Å²) in [5.74, 6) is -0.00503. The van der Waals surface area contributed by atoms with Gasteiger partial charge in [0.05, 0.1) is 0 Å². The first-order valence-corrected chi connectivity index (χ1v) is 9.86. The molecule has 0 saturated carbocycles. The SMILES string of the molecule is CC(C)C(Nc1ccc2c(c1)OCO2)C(=O)OCN1C(=O)C2=C(CCCC2)C1=O. The summed E-state index contributed by atoms with van der Waals surface area (Å²) in [5.41, 5.74) is 1.85. The van der Waals surface area contributed by atoms with Gasteiger partial charge in [-0.15, -0.1) is 0 Å². The van der Waals surface area contributed by atoms with E-state index in [1.165, 1.54) is 0 Å². The fourth-order valence-corrected chi connectivity index (χ4v) is 3.79. The van der Waals surface area contributed by atoms with Gasteiger partial charge >= 0.3 is 5.97 Å². The first-order valence-electron chi connectivity index (χ1n) is 9.86. The first kappa shape index (κ1) is 19.3. The number of hydrogen-bond donors (Lipinski definition) is 1. The van der Waals surface area contributed by atoms with Crippen molar-refractivity contribution in [3.63, 3.8) is 0 Å². The Kier molecular flexibility index (Phi) is 5.17. The number of imide groups is 1. The van der Waals surface area contributed by atoms with Gasteiger partial charge in [0.15, 0.2) is 18.2 Å². The maximum absolute atomic E-state index is 12.7. The van der Waals surface area contributed by atoms with Crippen LogP contribution in [0.2, 0.25) is 0 Å². The monoisotopic (exact) mass is 400 g/mol. The molecule has 1 N–H and O–H groups in total. The van der Waals surface area contributed by atoms with Crippen LogP contribution >= 0.6 is 0 Å². The molecular formula is C21H24N2O6. The average molecular weight is 400 g/mol. The van der Waals surface area contributed by atoms with Gasteiger partial charge in [-0.1, -0.05) is 13.8 Å². The van der Waals surface area contributed by atoms with Crippen molar-refractivity contribution in [2.45, 2.75) is 45.6 Å². The van der Waals surface area contributed by atoms with Crippen LogP contribution < -0.4 is 14.8 Å². The highest BCUT2D eigenvalue weighted by atomic mass is 16.7. The molecule has 1 aromatic rings. The van der Waals surface area contributed by atoms with E-state index in [-0.39, 0.29) is 31.3 Å². The summed E-state index contributed by atoms with van der Waals surface area (Å²) in [6, 6.07) is 4.68. The molecule has 1 unspecified atom stereocenters. The molecule has 0 bridgehead atoms. The van der Waals surface area contributed by atoms with Gasteiger partial charge in [-0.05, 0) is 43.7 Å². The number of esters is 1. The van der Waals surface area contributed by atoms with E-state index in [0.717, 1.165) is 17.7 Å². The van der Waals surface area contributed by atoms with E-state index < -0.39 is 12.0 Å². The fraction of sp³-hybridized carbons (Fsp3) is 0.476. The molecule has 1 aliphatic carbocycles. The number of fused-ring (bicyclic) bond motifs is 1. The van der Waals surface area contributed by atoms with Crippen LogP contribution in [0.5, 0.6) is 11.5 Å². The van der Waals surface area contributed by atoms with Crippen LogP contribution in [0.3, 0.4) is 0 Å². The lowest BCUT2D eigenvalue weighted by molar-refractivity contribution is -0.156. The van der Waals surface area contributed by atoms with E-state index >= 15 is 0 Å². The van der Waals surface area contributed by atoms with Crippen LogP contribution in [0.15, 0.2) is 29.3 Å². The Balaban J connectivity index is 1.39. The number of hydrogen-bond acceptors (Lipinski definition) is 7. The normalized spacial score (nSPS) is 18.9. The van der Waals surface area contributed by atoms with Gasteiger partial charge < -0.3 is 19.5 Å². The van der Waals surface area contributed by atoms with E-state index in [4.69, 9.17) is 14.2 Å². The van der Waals surface area contributed by atoms with Crippen molar-refractivity contribution in [3.05, 3.63) is 29.3 Å². The summed E-state index contributed by atoms with van der Waals surface area (Å²) < 4.78 is 16.0. The molecule has 1 atom stereocenters. The van der Waals surface area contributed by atoms with Crippen molar-refractivity contribution < 1.29 is 28.6 Å². The maximum Gasteiger partial charge on any atom is 0.330 e. The van der Waals surface area contributed by atoms with Gasteiger partial charge in [-0.3, -0.25) is 9.59 Å². The third-order valence-electron chi connectivity index (χ3n) is 5.43. The number of nitrogens with one attached hydrogen (secondary N) is 1. The van der Waals surface area contributed by atoms with Crippen molar-refractivity contribution in [1.29, 1.82) is 0 Å². The molecule has 0 saturated heterocycles. The Labute approximate surface area is 168 Å². The standard InChI is InChI=1S/C21H24N2O6/c1-12(2)18(22-13-7-8-16-17(9-13)29-11-28-16)21(26)27-10-23-19(24)14-5-3-4-6-15(14)20(23)25/h7-9,12,18,22H,3-6,10-11H2,1-2H3. The Morgan fingerprint density at radius 2 is 1.76 bits per heavy atom. The smallest absolute Gasteiger partial charge is 0.330 e. The lowest BCUT2D eigenvalue weighted by atomic mass is 9.93. The second kappa shape index (κ2) is 7.77. The van der Waals surface area contributed by atoms with Crippen LogP contribution in [0.1, 0.15) is 39.5 Å². The number of amides is 2. The van der Waals surface area contributed by atoms with Crippen LogP contribution in [0, 0.1) is 5.92 Å². The quantitative estimate of drug-likeness (QED) is 0.579. The Hall–Kier alpha value is -3.03. The number of carbonyl (C=O) groups is 3. The lowest BCUT2D eigenvalue weighted by Crippen LogP contribution is -2.40. The molecule has 29 heavy (non-hydrogen) atoms. The van der Waals surface area contributed by atoms with Crippen LogP contribution in [0.25, 0.3) is 0 Å². The van der Waals surface area contributed by atoms with Crippen LogP contribution in [-0.4, -0.2) is 42.2 Å². The van der Waals surface area contributed by atoms with Gasteiger partial charge in [0.25, 0.3) is 11.8 Å². The molecule has 1 aromatic carbocycles. The average Bonchev–Trinajstić information content (AvgIpc) is 3.27. The number of benzene rings is 1. The van der Waals surface area contributed by atoms with Crippen LogP contribution in [-0.2, 0) is 19.1 Å². The fourth-order valence-electron chi connectivity index (χ4n) is 3.79. The van der Waals surface area contributed by atoms with Crippen molar-refractivity contribution in [1.82, 2.24) is 4.90 Å². The molecule has 0 aromatic heterocycles. The molecule has 2 aliphatic heterocycles. The maximum atomic E-state index is 12.7. The zero-order valence-corrected chi connectivity index (χ0v) is 16.5. The van der Waals surface area contributed by atoms with E-state index in [9.17, 15) is 14.4 Å². The minimum atomic E-state index is -0.647. The molecule has 2 heterocycles. The number of rotatable bonds is 6. The molecule has 4 rings (SSSR count). The number of ether oxygens (including phenoxy) is 3. The molecule has 0 radical (unpaired) electrons. The van der Waals surface area contributed by atoms with Crippen molar-refractivity contribution in [2.24, 2.45) is 5.92 Å². The van der Waals surface area contributed by atoms with Crippen molar-refractivity contribution >= 4 is 23.5 Å². The highest BCUT2D eigenvalue weighted by Crippen LogP contribution is 2.35. The Morgan fingerprint density at radius 3 is 2.41 bits per heavy atom.